The average Bonchev–Trinajstić information content (AvgIpc) is 2.59. The molecule has 1 aromatic carbocycles. The quantitative estimate of drug-likeness (QED) is 0.218. The van der Waals surface area contributed by atoms with Gasteiger partial charge in [-0.25, -0.2) is 4.79 Å². The molecule has 9 nitrogen and oxygen atoms in total. The Bertz CT molecular complexity index is 744. The average molecular weight is 368 g/mol. The molecule has 0 aromatic heterocycles. The van der Waals surface area contributed by atoms with Gasteiger partial charge < -0.3 is 35.4 Å². The predicted molar refractivity (Wildman–Crippen MR) is 87.0 cm³/mol. The first kappa shape index (κ1) is 19.9. The van der Waals surface area contributed by atoms with Gasteiger partial charge in [0.25, 0.3) is 0 Å². The number of ketones is 1. The second-order valence-electron chi connectivity index (χ2n) is 6.29. The molecule has 0 heterocycles. The molecule has 1 aromatic rings. The number of rotatable bonds is 4. The normalized spacial score (nSPS) is 31.7. The molecular formula is C17H20O9. The van der Waals surface area contributed by atoms with E-state index in [2.05, 4.69) is 4.74 Å². The highest BCUT2D eigenvalue weighted by Gasteiger charge is 2.59. The maximum absolute atomic E-state index is 12.4. The number of hydrogen-bond donors (Lipinski definition) is 6. The number of aromatic hydroxyl groups is 2. The number of benzene rings is 1. The lowest BCUT2D eigenvalue weighted by atomic mass is 9.69. The molecule has 0 amide bonds. The third-order valence-electron chi connectivity index (χ3n) is 4.38. The molecule has 0 aliphatic heterocycles. The number of aliphatic hydroxyl groups is 4. The Balaban J connectivity index is 2.30. The zero-order valence-electron chi connectivity index (χ0n) is 13.9. The number of aliphatic hydroxyl groups excluding tert-OH is 2. The van der Waals surface area contributed by atoms with E-state index in [1.165, 1.54) is 18.2 Å². The summed E-state index contributed by atoms with van der Waals surface area (Å²) in [5, 5.41) is 59.5. The molecule has 1 aliphatic rings. The van der Waals surface area contributed by atoms with E-state index in [1.54, 1.807) is 0 Å². The van der Waals surface area contributed by atoms with Crippen LogP contribution in [0.25, 0.3) is 6.08 Å². The Kier molecular flexibility index (Phi) is 5.38. The maximum atomic E-state index is 12.4. The van der Waals surface area contributed by atoms with Crippen LogP contribution in [0.1, 0.15) is 18.4 Å². The van der Waals surface area contributed by atoms with Gasteiger partial charge in [0, 0.05) is 12.8 Å². The highest BCUT2D eigenvalue weighted by molar-refractivity contribution is 6.01. The third kappa shape index (κ3) is 3.56. The van der Waals surface area contributed by atoms with Crippen molar-refractivity contribution >= 4 is 17.8 Å². The summed E-state index contributed by atoms with van der Waals surface area (Å²) in [7, 11) is 0.996. The van der Waals surface area contributed by atoms with Crippen LogP contribution in [0, 0.1) is 0 Å². The molecule has 1 fully saturated rings. The number of phenols is 2. The zero-order chi connectivity index (χ0) is 19.7. The number of hydrogen-bond acceptors (Lipinski definition) is 9. The molecule has 9 heteroatoms. The van der Waals surface area contributed by atoms with Gasteiger partial charge in [-0.1, -0.05) is 12.1 Å². The topological polar surface area (TPSA) is 165 Å². The summed E-state index contributed by atoms with van der Waals surface area (Å²) in [6.45, 7) is 0. The number of carbonyl (C=O) groups is 2. The van der Waals surface area contributed by atoms with Crippen LogP contribution in [-0.4, -0.2) is 72.9 Å². The van der Waals surface area contributed by atoms with E-state index in [9.17, 15) is 40.2 Å². The second-order valence-corrected chi connectivity index (χ2v) is 6.29. The maximum Gasteiger partial charge on any atom is 0.338 e. The lowest BCUT2D eigenvalue weighted by Crippen LogP contribution is -2.65. The molecule has 0 radical (unpaired) electrons. The fourth-order valence-corrected chi connectivity index (χ4v) is 2.94. The molecule has 1 saturated carbocycles. The van der Waals surface area contributed by atoms with Gasteiger partial charge in [0.1, 0.15) is 6.10 Å². The highest BCUT2D eigenvalue weighted by atomic mass is 16.5. The first-order valence-corrected chi connectivity index (χ1v) is 7.67. The Labute approximate surface area is 148 Å². The number of ether oxygens (including phenoxy) is 1. The van der Waals surface area contributed by atoms with Crippen molar-refractivity contribution in [2.24, 2.45) is 0 Å². The molecule has 0 bridgehead atoms. The van der Waals surface area contributed by atoms with E-state index < -0.39 is 53.8 Å². The molecule has 1 aliphatic carbocycles. The number of phenolic OH excluding ortho intramolecular Hbond substituents is 2. The molecular weight excluding hydrogens is 348 g/mol. The van der Waals surface area contributed by atoms with E-state index in [4.69, 9.17) is 0 Å². The van der Waals surface area contributed by atoms with Gasteiger partial charge in [0.05, 0.1) is 13.2 Å². The van der Waals surface area contributed by atoms with Crippen molar-refractivity contribution in [1.29, 1.82) is 0 Å². The van der Waals surface area contributed by atoms with Crippen molar-refractivity contribution < 1.29 is 45.0 Å². The number of esters is 1. The minimum Gasteiger partial charge on any atom is -0.504 e. The van der Waals surface area contributed by atoms with Gasteiger partial charge >= 0.3 is 5.97 Å². The predicted octanol–water partition coefficient (Wildman–Crippen LogP) is -1.17. The number of methoxy groups -OCH3 is 1. The lowest BCUT2D eigenvalue weighted by molar-refractivity contribution is -0.213. The van der Waals surface area contributed by atoms with Gasteiger partial charge in [0.2, 0.25) is 0 Å². The molecule has 2 rings (SSSR count). The van der Waals surface area contributed by atoms with Crippen molar-refractivity contribution in [3.63, 3.8) is 0 Å². The smallest absolute Gasteiger partial charge is 0.338 e. The minimum atomic E-state index is -2.63. The standard InChI is InChI=1S/C17H20O9/c1-26-15(23)16(24)7-12(20)14(22)17(25,8-16)13(21)5-3-9-2-4-10(18)11(19)6-9/h2-6,12,14,18-20,22,24-25H,7-8H2,1H3/b5-3+/t12-,14?,16?,17+/m1/s1. The summed E-state index contributed by atoms with van der Waals surface area (Å²) < 4.78 is 4.43. The summed E-state index contributed by atoms with van der Waals surface area (Å²) in [4.78, 5) is 24.2. The Morgan fingerprint density at radius 2 is 1.85 bits per heavy atom. The first-order valence-electron chi connectivity index (χ1n) is 7.67. The number of carbonyl (C=O) groups excluding carboxylic acids is 2. The van der Waals surface area contributed by atoms with Gasteiger partial charge in [0.15, 0.2) is 28.5 Å². The van der Waals surface area contributed by atoms with Gasteiger partial charge in [-0.05, 0) is 23.8 Å². The Hall–Kier alpha value is -2.46. The Morgan fingerprint density at radius 1 is 1.19 bits per heavy atom. The zero-order valence-corrected chi connectivity index (χ0v) is 13.9. The molecule has 4 atom stereocenters. The first-order chi connectivity index (χ1) is 12.0. The van der Waals surface area contributed by atoms with E-state index in [1.807, 2.05) is 0 Å². The van der Waals surface area contributed by atoms with Crippen LogP contribution in [0.3, 0.4) is 0 Å². The van der Waals surface area contributed by atoms with E-state index in [-0.39, 0.29) is 5.75 Å². The van der Waals surface area contributed by atoms with Gasteiger partial charge in [-0.3, -0.25) is 4.79 Å². The molecule has 26 heavy (non-hydrogen) atoms. The largest absolute Gasteiger partial charge is 0.504 e. The summed E-state index contributed by atoms with van der Waals surface area (Å²) in [6.07, 6.45) is -3.10. The van der Waals surface area contributed by atoms with Crippen LogP contribution in [0.4, 0.5) is 0 Å². The van der Waals surface area contributed by atoms with Gasteiger partial charge in [-0.2, -0.15) is 0 Å². The van der Waals surface area contributed by atoms with E-state index in [0.29, 0.717) is 5.56 Å². The fourth-order valence-electron chi connectivity index (χ4n) is 2.94. The molecule has 6 N–H and O–H groups in total. The van der Waals surface area contributed by atoms with Gasteiger partial charge in [-0.15, -0.1) is 0 Å². The van der Waals surface area contributed by atoms with Crippen molar-refractivity contribution in [1.82, 2.24) is 0 Å². The SMILES string of the molecule is COC(=O)C1(O)C[C@@H](O)C(O)[C@@](O)(C(=O)/C=C/c2ccc(O)c(O)c2)C1. The van der Waals surface area contributed by atoms with Crippen LogP contribution < -0.4 is 0 Å². The Morgan fingerprint density at radius 3 is 2.42 bits per heavy atom. The molecule has 2 unspecified atom stereocenters. The van der Waals surface area contributed by atoms with Crippen molar-refractivity contribution in [2.75, 3.05) is 7.11 Å². The molecule has 142 valence electrons. The van der Waals surface area contributed by atoms with Crippen LogP contribution in [0.15, 0.2) is 24.3 Å². The van der Waals surface area contributed by atoms with Crippen molar-refractivity contribution in [3.05, 3.63) is 29.8 Å². The third-order valence-corrected chi connectivity index (χ3v) is 4.38. The van der Waals surface area contributed by atoms with Crippen LogP contribution in [0.2, 0.25) is 0 Å². The van der Waals surface area contributed by atoms with Crippen molar-refractivity contribution in [2.45, 2.75) is 36.3 Å². The summed E-state index contributed by atoms with van der Waals surface area (Å²) in [5.74, 6) is -3.01. The van der Waals surface area contributed by atoms with E-state index >= 15 is 0 Å². The fraction of sp³-hybridized carbons (Fsp3) is 0.412. The van der Waals surface area contributed by atoms with Crippen LogP contribution in [0.5, 0.6) is 11.5 Å². The molecule has 0 spiro atoms. The summed E-state index contributed by atoms with van der Waals surface area (Å²) in [5.41, 5.74) is -4.68. The van der Waals surface area contributed by atoms with Crippen molar-refractivity contribution in [3.8, 4) is 11.5 Å². The van der Waals surface area contributed by atoms with Crippen LogP contribution >= 0.6 is 0 Å². The highest BCUT2D eigenvalue weighted by Crippen LogP contribution is 2.38. The lowest BCUT2D eigenvalue weighted by Gasteiger charge is -2.44. The monoisotopic (exact) mass is 368 g/mol. The van der Waals surface area contributed by atoms with Crippen LogP contribution in [-0.2, 0) is 14.3 Å². The molecule has 0 saturated heterocycles. The van der Waals surface area contributed by atoms with E-state index in [0.717, 1.165) is 19.3 Å². The minimum absolute atomic E-state index is 0.298. The summed E-state index contributed by atoms with van der Waals surface area (Å²) >= 11 is 0. The summed E-state index contributed by atoms with van der Waals surface area (Å²) in [6, 6.07) is 3.71. The second kappa shape index (κ2) is 7.04.